The van der Waals surface area contributed by atoms with Crippen LogP contribution in [0.25, 0.3) is 0 Å². The van der Waals surface area contributed by atoms with Gasteiger partial charge >= 0.3 is 0 Å². The minimum Gasteiger partial charge on any atom is -0.291 e. The van der Waals surface area contributed by atoms with Gasteiger partial charge in [0.05, 0.1) is 11.4 Å². The molecule has 0 atom stereocenters. The van der Waals surface area contributed by atoms with Crippen LogP contribution in [0.3, 0.4) is 0 Å². The van der Waals surface area contributed by atoms with Crippen LogP contribution in [0.1, 0.15) is 28.9 Å². The van der Waals surface area contributed by atoms with E-state index in [4.69, 9.17) is 0 Å². The Morgan fingerprint density at radius 3 is 2.27 bits per heavy atom. The monoisotopic (exact) mass is 151 g/mol. The lowest BCUT2D eigenvalue weighted by molar-refractivity contribution is 0.100. The molecule has 4 heteroatoms. The van der Waals surface area contributed by atoms with Crippen molar-refractivity contribution in [2.75, 3.05) is 0 Å². The van der Waals surface area contributed by atoms with Gasteiger partial charge in [0.25, 0.3) is 0 Å². The molecule has 0 bridgehead atoms. The Bertz CT molecular complexity index is 296. The number of nitrogens with zero attached hydrogens (tertiary/aromatic N) is 3. The zero-order valence-corrected chi connectivity index (χ0v) is 6.75. The fraction of sp³-hybridized carbons (Fsp3) is 0.429. The second kappa shape index (κ2) is 2.74. The van der Waals surface area contributed by atoms with Crippen molar-refractivity contribution in [1.82, 2.24) is 15.2 Å². The van der Waals surface area contributed by atoms with Gasteiger partial charge in [-0.3, -0.25) is 4.79 Å². The van der Waals surface area contributed by atoms with Gasteiger partial charge in [0.2, 0.25) is 5.82 Å². The lowest BCUT2D eigenvalue weighted by atomic mass is 10.3. The number of aryl methyl sites for hydroxylation is 2. The Hall–Kier alpha value is -1.32. The first-order valence-corrected chi connectivity index (χ1v) is 3.30. The van der Waals surface area contributed by atoms with Gasteiger partial charge in [0, 0.05) is 6.92 Å². The van der Waals surface area contributed by atoms with Crippen molar-refractivity contribution in [2.45, 2.75) is 20.8 Å². The molecule has 0 aliphatic rings. The number of carbonyl (C=O) groups excluding carboxylic acids is 1. The normalized spacial score (nSPS) is 9.73. The second-order valence-corrected chi connectivity index (χ2v) is 2.36. The third kappa shape index (κ3) is 1.58. The lowest BCUT2D eigenvalue weighted by Gasteiger charge is -1.96. The summed E-state index contributed by atoms with van der Waals surface area (Å²) in [5, 5.41) is 7.39. The van der Waals surface area contributed by atoms with Crippen LogP contribution in [0, 0.1) is 13.8 Å². The van der Waals surface area contributed by atoms with Crippen LogP contribution >= 0.6 is 0 Å². The standard InChI is InChI=1S/C7H9N3O/c1-4-5(2)9-10-7(8-4)6(3)11/h1-3H3. The molecular weight excluding hydrogens is 142 g/mol. The van der Waals surface area contributed by atoms with Gasteiger partial charge in [-0.2, -0.15) is 5.10 Å². The van der Waals surface area contributed by atoms with Crippen LogP contribution in [0.4, 0.5) is 0 Å². The molecule has 0 unspecified atom stereocenters. The molecule has 0 fully saturated rings. The Labute approximate surface area is 64.7 Å². The van der Waals surface area contributed by atoms with Gasteiger partial charge in [0.1, 0.15) is 0 Å². The molecule has 1 aromatic heterocycles. The summed E-state index contributed by atoms with van der Waals surface area (Å²) < 4.78 is 0. The predicted molar refractivity (Wildman–Crippen MR) is 39.3 cm³/mol. The molecule has 11 heavy (non-hydrogen) atoms. The van der Waals surface area contributed by atoms with Gasteiger partial charge in [-0.1, -0.05) is 0 Å². The minimum atomic E-state index is -0.152. The van der Waals surface area contributed by atoms with E-state index in [1.165, 1.54) is 6.92 Å². The van der Waals surface area contributed by atoms with Crippen molar-refractivity contribution < 1.29 is 4.79 Å². The van der Waals surface area contributed by atoms with E-state index >= 15 is 0 Å². The number of carbonyl (C=O) groups is 1. The first-order chi connectivity index (χ1) is 5.11. The van der Waals surface area contributed by atoms with E-state index in [-0.39, 0.29) is 11.6 Å². The Morgan fingerprint density at radius 1 is 1.18 bits per heavy atom. The van der Waals surface area contributed by atoms with Crippen LogP contribution in [0.2, 0.25) is 0 Å². The van der Waals surface area contributed by atoms with Crippen LogP contribution in [0.5, 0.6) is 0 Å². The van der Waals surface area contributed by atoms with E-state index < -0.39 is 0 Å². The smallest absolute Gasteiger partial charge is 0.217 e. The van der Waals surface area contributed by atoms with E-state index in [0.29, 0.717) is 0 Å². The van der Waals surface area contributed by atoms with Gasteiger partial charge in [-0.05, 0) is 13.8 Å². The fourth-order valence-electron chi connectivity index (χ4n) is 0.606. The van der Waals surface area contributed by atoms with Crippen molar-refractivity contribution >= 4 is 5.78 Å². The number of hydrogen-bond acceptors (Lipinski definition) is 4. The second-order valence-electron chi connectivity index (χ2n) is 2.36. The van der Waals surface area contributed by atoms with Crippen LogP contribution in [0.15, 0.2) is 0 Å². The molecule has 0 saturated carbocycles. The summed E-state index contributed by atoms with van der Waals surface area (Å²) >= 11 is 0. The van der Waals surface area contributed by atoms with Crippen LogP contribution < -0.4 is 0 Å². The molecule has 0 aromatic carbocycles. The molecule has 0 saturated heterocycles. The molecule has 1 heterocycles. The maximum atomic E-state index is 10.7. The molecule has 1 aromatic rings. The van der Waals surface area contributed by atoms with Crippen molar-refractivity contribution in [3.05, 3.63) is 17.2 Å². The van der Waals surface area contributed by atoms with Gasteiger partial charge in [-0.25, -0.2) is 4.98 Å². The van der Waals surface area contributed by atoms with Crippen molar-refractivity contribution in [1.29, 1.82) is 0 Å². The van der Waals surface area contributed by atoms with E-state index in [1.807, 2.05) is 0 Å². The van der Waals surface area contributed by atoms with Gasteiger partial charge < -0.3 is 0 Å². The first-order valence-electron chi connectivity index (χ1n) is 3.30. The average molecular weight is 151 g/mol. The molecule has 58 valence electrons. The molecule has 0 aliphatic heterocycles. The highest BCUT2D eigenvalue weighted by molar-refractivity contribution is 5.89. The van der Waals surface area contributed by atoms with Gasteiger partial charge in [0.15, 0.2) is 5.78 Å². The number of rotatable bonds is 1. The molecule has 0 aliphatic carbocycles. The summed E-state index contributed by atoms with van der Waals surface area (Å²) in [7, 11) is 0. The minimum absolute atomic E-state index is 0.152. The third-order valence-electron chi connectivity index (χ3n) is 1.41. The van der Waals surface area contributed by atoms with E-state index in [2.05, 4.69) is 15.2 Å². The summed E-state index contributed by atoms with van der Waals surface area (Å²) in [5.41, 5.74) is 1.51. The molecule has 0 radical (unpaired) electrons. The zero-order chi connectivity index (χ0) is 8.43. The molecule has 0 N–H and O–H groups in total. The quantitative estimate of drug-likeness (QED) is 0.554. The maximum absolute atomic E-state index is 10.7. The Kier molecular flexibility index (Phi) is 1.94. The van der Waals surface area contributed by atoms with Gasteiger partial charge in [-0.15, -0.1) is 5.10 Å². The number of Topliss-reactive ketones (excluding diaryl/α,β-unsaturated/α-hetero) is 1. The molecular formula is C7H9N3O. The van der Waals surface area contributed by atoms with E-state index in [1.54, 1.807) is 13.8 Å². The Balaban J connectivity index is 3.15. The number of aromatic nitrogens is 3. The highest BCUT2D eigenvalue weighted by Gasteiger charge is 2.04. The summed E-state index contributed by atoms with van der Waals surface area (Å²) in [5.74, 6) is 0.0358. The highest BCUT2D eigenvalue weighted by Crippen LogP contribution is 1.97. The molecule has 0 amide bonds. The number of hydrogen-bond donors (Lipinski definition) is 0. The maximum Gasteiger partial charge on any atom is 0.217 e. The van der Waals surface area contributed by atoms with Crippen molar-refractivity contribution in [3.8, 4) is 0 Å². The molecule has 0 spiro atoms. The highest BCUT2D eigenvalue weighted by atomic mass is 16.1. The van der Waals surface area contributed by atoms with Crippen molar-refractivity contribution in [3.63, 3.8) is 0 Å². The number of ketones is 1. The average Bonchev–Trinajstić information content (AvgIpc) is 1.94. The van der Waals surface area contributed by atoms with Crippen LogP contribution in [-0.4, -0.2) is 21.0 Å². The van der Waals surface area contributed by atoms with E-state index in [9.17, 15) is 4.79 Å². The zero-order valence-electron chi connectivity index (χ0n) is 6.75. The van der Waals surface area contributed by atoms with Crippen molar-refractivity contribution in [2.24, 2.45) is 0 Å². The SMILES string of the molecule is CC(=O)c1nnc(C)c(C)n1. The summed E-state index contributed by atoms with van der Waals surface area (Å²) in [6.45, 7) is 5.03. The lowest BCUT2D eigenvalue weighted by Crippen LogP contribution is -2.06. The molecule has 1 rings (SSSR count). The van der Waals surface area contributed by atoms with Crippen LogP contribution in [-0.2, 0) is 0 Å². The van der Waals surface area contributed by atoms with E-state index in [0.717, 1.165) is 11.4 Å². The largest absolute Gasteiger partial charge is 0.291 e. The summed E-state index contributed by atoms with van der Waals surface area (Å²) in [6.07, 6.45) is 0. The summed E-state index contributed by atoms with van der Waals surface area (Å²) in [6, 6.07) is 0. The summed E-state index contributed by atoms with van der Waals surface area (Å²) in [4.78, 5) is 14.7. The topological polar surface area (TPSA) is 55.7 Å². The third-order valence-corrected chi connectivity index (χ3v) is 1.41. The first kappa shape index (κ1) is 7.78. The predicted octanol–water partition coefficient (Wildman–Crippen LogP) is 0.691. The fourth-order valence-corrected chi connectivity index (χ4v) is 0.606. The Morgan fingerprint density at radius 2 is 1.82 bits per heavy atom. The molecule has 4 nitrogen and oxygen atoms in total.